The van der Waals surface area contributed by atoms with Crippen molar-refractivity contribution in [3.63, 3.8) is 0 Å². The molecule has 0 atom stereocenters. The van der Waals surface area contributed by atoms with Gasteiger partial charge in [-0.05, 0) is 31.2 Å². The average molecular weight is 318 g/mol. The van der Waals surface area contributed by atoms with E-state index in [1.165, 1.54) is 10.9 Å². The Morgan fingerprint density at radius 1 is 1.33 bits per heavy atom. The summed E-state index contributed by atoms with van der Waals surface area (Å²) in [5, 5.41) is 6.38. The Morgan fingerprint density at radius 2 is 1.95 bits per heavy atom. The molecule has 2 aromatic rings. The monoisotopic (exact) mass is 317 g/mol. The lowest BCUT2D eigenvalue weighted by Crippen LogP contribution is -2.33. The third kappa shape index (κ3) is 3.75. The molecule has 1 N–H and O–H groups in total. The summed E-state index contributed by atoms with van der Waals surface area (Å²) < 4.78 is 37.7. The van der Waals surface area contributed by atoms with Crippen molar-refractivity contribution in [2.75, 3.05) is 6.54 Å². The van der Waals surface area contributed by atoms with Gasteiger partial charge in [0.15, 0.2) is 0 Å². The summed E-state index contributed by atoms with van der Waals surface area (Å²) in [6, 6.07) is 6.70. The number of nitrogens with zero attached hydrogens (tertiary/aromatic N) is 2. The molecule has 0 fully saturated rings. The number of hydrogen-bond acceptors (Lipinski definition) is 2. The van der Waals surface area contributed by atoms with E-state index in [4.69, 9.17) is 11.6 Å². The number of hydrogen-bond donors (Lipinski definition) is 1. The van der Waals surface area contributed by atoms with Gasteiger partial charge < -0.3 is 5.32 Å². The Hall–Kier alpha value is -2.02. The van der Waals surface area contributed by atoms with Gasteiger partial charge in [-0.15, -0.1) is 0 Å². The molecule has 0 bridgehead atoms. The van der Waals surface area contributed by atoms with Crippen LogP contribution in [0.25, 0.3) is 5.69 Å². The summed E-state index contributed by atoms with van der Waals surface area (Å²) in [6.07, 6.45) is -3.22. The normalized spacial score (nSPS) is 11.5. The van der Waals surface area contributed by atoms with E-state index in [0.29, 0.717) is 16.4 Å². The number of aromatic nitrogens is 2. The molecule has 112 valence electrons. The van der Waals surface area contributed by atoms with Crippen LogP contribution >= 0.6 is 11.6 Å². The number of carbonyl (C=O) groups is 1. The van der Waals surface area contributed by atoms with Gasteiger partial charge in [-0.25, -0.2) is 4.68 Å². The van der Waals surface area contributed by atoms with Gasteiger partial charge in [-0.3, -0.25) is 4.79 Å². The van der Waals surface area contributed by atoms with Crippen LogP contribution in [0.3, 0.4) is 0 Å². The van der Waals surface area contributed by atoms with Gasteiger partial charge in [0.1, 0.15) is 6.54 Å². The van der Waals surface area contributed by atoms with E-state index in [9.17, 15) is 18.0 Å². The zero-order valence-electron chi connectivity index (χ0n) is 10.9. The van der Waals surface area contributed by atoms with E-state index in [1.54, 1.807) is 31.2 Å². The average Bonchev–Trinajstić information content (AvgIpc) is 2.78. The number of amides is 1. The van der Waals surface area contributed by atoms with E-state index in [1.807, 2.05) is 5.32 Å². The molecule has 0 radical (unpaired) electrons. The first-order valence-corrected chi connectivity index (χ1v) is 6.31. The number of nitrogens with one attached hydrogen (secondary N) is 1. The van der Waals surface area contributed by atoms with Crippen molar-refractivity contribution in [1.82, 2.24) is 15.1 Å². The van der Waals surface area contributed by atoms with Gasteiger partial charge in [0.05, 0.1) is 23.1 Å². The van der Waals surface area contributed by atoms with Crippen molar-refractivity contribution in [3.8, 4) is 5.69 Å². The maximum absolute atomic E-state index is 12.1. The first-order chi connectivity index (χ1) is 9.78. The molecule has 0 saturated carbocycles. The summed E-state index contributed by atoms with van der Waals surface area (Å²) in [7, 11) is 0. The highest BCUT2D eigenvalue weighted by Gasteiger charge is 2.28. The number of benzene rings is 1. The molecule has 21 heavy (non-hydrogen) atoms. The molecule has 0 unspecified atom stereocenters. The van der Waals surface area contributed by atoms with Gasteiger partial charge in [0.25, 0.3) is 5.91 Å². The molecule has 0 aliphatic heterocycles. The van der Waals surface area contributed by atoms with Crippen molar-refractivity contribution in [3.05, 3.63) is 46.7 Å². The molecule has 1 aromatic carbocycles. The lowest BCUT2D eigenvalue weighted by molar-refractivity contribution is -0.123. The molecule has 2 rings (SSSR count). The van der Waals surface area contributed by atoms with E-state index in [2.05, 4.69) is 5.10 Å². The van der Waals surface area contributed by atoms with Gasteiger partial charge in [-0.2, -0.15) is 18.3 Å². The predicted octanol–water partition coefficient (Wildman–Crippen LogP) is 3.13. The highest BCUT2D eigenvalue weighted by atomic mass is 35.5. The lowest BCUT2D eigenvalue weighted by atomic mass is 10.2. The molecule has 8 heteroatoms. The second kappa shape index (κ2) is 5.77. The fourth-order valence-electron chi connectivity index (χ4n) is 1.75. The minimum absolute atomic E-state index is 0.0919. The minimum Gasteiger partial charge on any atom is -0.343 e. The minimum atomic E-state index is -4.45. The molecule has 0 saturated heterocycles. The van der Waals surface area contributed by atoms with E-state index >= 15 is 0 Å². The molecule has 1 amide bonds. The van der Waals surface area contributed by atoms with Crippen LogP contribution < -0.4 is 5.32 Å². The Kier molecular flexibility index (Phi) is 4.22. The zero-order valence-corrected chi connectivity index (χ0v) is 11.7. The van der Waals surface area contributed by atoms with Crippen molar-refractivity contribution >= 4 is 17.5 Å². The number of carbonyl (C=O) groups excluding carboxylic acids is 1. The van der Waals surface area contributed by atoms with E-state index < -0.39 is 18.6 Å². The maximum atomic E-state index is 12.1. The van der Waals surface area contributed by atoms with Gasteiger partial charge in [-0.1, -0.05) is 11.6 Å². The van der Waals surface area contributed by atoms with Crippen molar-refractivity contribution < 1.29 is 18.0 Å². The first-order valence-electron chi connectivity index (χ1n) is 5.93. The van der Waals surface area contributed by atoms with E-state index in [-0.39, 0.29) is 5.56 Å². The Bertz CT molecular complexity index is 650. The standard InChI is InChI=1S/C13H11ClF3N3O/c1-8-11(12(21)18-7-13(15,16)17)6-19-20(8)10-4-2-9(14)3-5-10/h2-6H,7H2,1H3,(H,18,21). The van der Waals surface area contributed by atoms with Crippen LogP contribution in [0.4, 0.5) is 13.2 Å². The van der Waals surface area contributed by atoms with Gasteiger partial charge in [0, 0.05) is 5.02 Å². The van der Waals surface area contributed by atoms with Crippen LogP contribution in [-0.2, 0) is 0 Å². The van der Waals surface area contributed by atoms with Gasteiger partial charge in [0.2, 0.25) is 0 Å². The Balaban J connectivity index is 2.20. The molecule has 1 aromatic heterocycles. The fraction of sp³-hybridized carbons (Fsp3) is 0.231. The number of rotatable bonds is 3. The summed E-state index contributed by atoms with van der Waals surface area (Å²) >= 11 is 5.78. The molecule has 0 aliphatic rings. The molecular weight excluding hydrogens is 307 g/mol. The predicted molar refractivity (Wildman–Crippen MR) is 71.7 cm³/mol. The summed E-state index contributed by atoms with van der Waals surface area (Å²) in [5.74, 6) is -0.815. The van der Waals surface area contributed by atoms with Crippen molar-refractivity contribution in [1.29, 1.82) is 0 Å². The topological polar surface area (TPSA) is 46.9 Å². The van der Waals surface area contributed by atoms with Crippen LogP contribution in [0, 0.1) is 6.92 Å². The molecule has 4 nitrogen and oxygen atoms in total. The van der Waals surface area contributed by atoms with Crippen LogP contribution in [0.2, 0.25) is 5.02 Å². The summed E-state index contributed by atoms with van der Waals surface area (Å²) in [4.78, 5) is 11.7. The molecule has 1 heterocycles. The lowest BCUT2D eigenvalue weighted by Gasteiger charge is -2.08. The molecule has 0 aliphatic carbocycles. The number of alkyl halides is 3. The van der Waals surface area contributed by atoms with Gasteiger partial charge >= 0.3 is 6.18 Å². The first kappa shape index (κ1) is 15.4. The Morgan fingerprint density at radius 3 is 2.52 bits per heavy atom. The van der Waals surface area contributed by atoms with Crippen LogP contribution in [0.1, 0.15) is 16.1 Å². The molecule has 0 spiro atoms. The third-order valence-corrected chi connectivity index (χ3v) is 3.03. The SMILES string of the molecule is Cc1c(C(=O)NCC(F)(F)F)cnn1-c1ccc(Cl)cc1. The van der Waals surface area contributed by atoms with Crippen molar-refractivity contribution in [2.24, 2.45) is 0 Å². The highest BCUT2D eigenvalue weighted by molar-refractivity contribution is 6.30. The number of halogens is 4. The second-order valence-electron chi connectivity index (χ2n) is 4.33. The highest BCUT2D eigenvalue weighted by Crippen LogP contribution is 2.17. The quantitative estimate of drug-likeness (QED) is 0.945. The smallest absolute Gasteiger partial charge is 0.343 e. The van der Waals surface area contributed by atoms with Crippen molar-refractivity contribution in [2.45, 2.75) is 13.1 Å². The van der Waals surface area contributed by atoms with Crippen LogP contribution in [0.5, 0.6) is 0 Å². The largest absolute Gasteiger partial charge is 0.405 e. The Labute approximate surface area is 123 Å². The van der Waals surface area contributed by atoms with Crippen LogP contribution in [0.15, 0.2) is 30.5 Å². The van der Waals surface area contributed by atoms with Crippen LogP contribution in [-0.4, -0.2) is 28.4 Å². The second-order valence-corrected chi connectivity index (χ2v) is 4.77. The maximum Gasteiger partial charge on any atom is 0.405 e. The fourth-order valence-corrected chi connectivity index (χ4v) is 1.88. The zero-order chi connectivity index (χ0) is 15.6. The molecular formula is C13H11ClF3N3O. The summed E-state index contributed by atoms with van der Waals surface area (Å²) in [6.45, 7) is 0.224. The third-order valence-electron chi connectivity index (χ3n) is 2.78. The van der Waals surface area contributed by atoms with E-state index in [0.717, 1.165) is 0 Å². The summed E-state index contributed by atoms with van der Waals surface area (Å²) in [5.41, 5.74) is 1.19.